The molecule has 0 N–H and O–H groups in total. The molecule has 0 bridgehead atoms. The highest BCUT2D eigenvalue weighted by Gasteiger charge is 2.40. The molecule has 1 atom stereocenters. The molecule has 4 nitrogen and oxygen atoms in total. The second-order valence-corrected chi connectivity index (χ2v) is 4.69. The average Bonchev–Trinajstić information content (AvgIpc) is 3.23. The van der Waals surface area contributed by atoms with E-state index in [2.05, 4.69) is 16.8 Å². The molecule has 1 saturated carbocycles. The van der Waals surface area contributed by atoms with Crippen molar-refractivity contribution in [2.24, 2.45) is 5.92 Å². The summed E-state index contributed by atoms with van der Waals surface area (Å²) in [5, 5.41) is 0. The third kappa shape index (κ3) is 3.07. The minimum atomic E-state index is -0.115. The fraction of sp³-hybridized carbons (Fsp3) is 0.571. The van der Waals surface area contributed by atoms with Crippen LogP contribution in [0.1, 0.15) is 25.5 Å². The summed E-state index contributed by atoms with van der Waals surface area (Å²) in [5.41, 5.74) is 0.994. The zero-order chi connectivity index (χ0) is 13.0. The Morgan fingerprint density at radius 2 is 2.33 bits per heavy atom. The van der Waals surface area contributed by atoms with E-state index in [1.54, 1.807) is 6.20 Å². The number of nitrogens with zero attached hydrogens (tertiary/aromatic N) is 2. The summed E-state index contributed by atoms with van der Waals surface area (Å²) in [7, 11) is 1.46. The van der Waals surface area contributed by atoms with Gasteiger partial charge in [0, 0.05) is 12.7 Å². The first-order valence-corrected chi connectivity index (χ1v) is 6.48. The predicted octanol–water partition coefficient (Wildman–Crippen LogP) is 1.86. The molecule has 1 aliphatic carbocycles. The number of esters is 1. The van der Waals surface area contributed by atoms with Gasteiger partial charge < -0.3 is 4.74 Å². The predicted molar refractivity (Wildman–Crippen MR) is 68.8 cm³/mol. The molecule has 1 aromatic heterocycles. The second-order valence-electron chi connectivity index (χ2n) is 4.69. The Labute approximate surface area is 108 Å². The van der Waals surface area contributed by atoms with Crippen molar-refractivity contribution in [3.63, 3.8) is 0 Å². The highest BCUT2D eigenvalue weighted by atomic mass is 16.5. The number of methoxy groups -OCH3 is 1. The molecule has 4 heteroatoms. The van der Waals surface area contributed by atoms with Crippen molar-refractivity contribution in [3.05, 3.63) is 30.1 Å². The Morgan fingerprint density at radius 3 is 2.83 bits per heavy atom. The van der Waals surface area contributed by atoms with Gasteiger partial charge in [0.05, 0.1) is 12.8 Å². The number of carbonyl (C=O) groups is 1. The topological polar surface area (TPSA) is 42.4 Å². The van der Waals surface area contributed by atoms with Crippen molar-refractivity contribution in [2.45, 2.75) is 32.4 Å². The number of hydrogen-bond acceptors (Lipinski definition) is 4. The van der Waals surface area contributed by atoms with E-state index in [9.17, 15) is 4.79 Å². The molecule has 0 radical (unpaired) electrons. The minimum Gasteiger partial charge on any atom is -0.468 e. The summed E-state index contributed by atoms with van der Waals surface area (Å²) in [4.78, 5) is 18.4. The van der Waals surface area contributed by atoms with Gasteiger partial charge in [-0.05, 0) is 37.4 Å². The summed E-state index contributed by atoms with van der Waals surface area (Å²) < 4.78 is 4.93. The number of rotatable bonds is 6. The monoisotopic (exact) mass is 248 g/mol. The summed E-state index contributed by atoms with van der Waals surface area (Å²) in [6.07, 6.45) is 4.03. The minimum absolute atomic E-state index is 0.109. The SMILES string of the molecule is CCN(Cc1ccccn1)C(C(=O)OC)C1CC1. The molecule has 0 amide bonds. The van der Waals surface area contributed by atoms with Crippen LogP contribution >= 0.6 is 0 Å². The third-order valence-electron chi connectivity index (χ3n) is 3.40. The summed E-state index contributed by atoms with van der Waals surface area (Å²) in [6.45, 7) is 3.60. The number of aromatic nitrogens is 1. The quantitative estimate of drug-likeness (QED) is 0.721. The standard InChI is InChI=1S/C14H20N2O2/c1-3-16(10-12-6-4-5-9-15-12)13(11-7-8-11)14(17)18-2/h4-6,9,11,13H,3,7-8,10H2,1-2H3. The molecule has 1 fully saturated rings. The van der Waals surface area contributed by atoms with Crippen molar-refractivity contribution in [1.82, 2.24) is 9.88 Å². The van der Waals surface area contributed by atoms with Crippen LogP contribution in [0.25, 0.3) is 0 Å². The molecule has 2 rings (SSSR count). The number of hydrogen-bond donors (Lipinski definition) is 0. The Balaban J connectivity index is 2.08. The largest absolute Gasteiger partial charge is 0.468 e. The maximum atomic E-state index is 11.9. The molecule has 1 aromatic rings. The highest BCUT2D eigenvalue weighted by Crippen LogP contribution is 2.36. The smallest absolute Gasteiger partial charge is 0.323 e. The van der Waals surface area contributed by atoms with E-state index in [0.29, 0.717) is 12.5 Å². The first kappa shape index (κ1) is 13.0. The van der Waals surface area contributed by atoms with Gasteiger partial charge in [0.15, 0.2) is 0 Å². The molecular weight excluding hydrogens is 228 g/mol. The van der Waals surface area contributed by atoms with E-state index in [1.807, 2.05) is 18.2 Å². The third-order valence-corrected chi connectivity index (χ3v) is 3.40. The van der Waals surface area contributed by atoms with Crippen LogP contribution in [0, 0.1) is 5.92 Å². The van der Waals surface area contributed by atoms with E-state index in [1.165, 1.54) is 7.11 Å². The highest BCUT2D eigenvalue weighted by molar-refractivity contribution is 5.76. The molecule has 1 aliphatic rings. The molecule has 0 aliphatic heterocycles. The van der Waals surface area contributed by atoms with Gasteiger partial charge in [-0.25, -0.2) is 0 Å². The van der Waals surface area contributed by atoms with Gasteiger partial charge in [0.1, 0.15) is 6.04 Å². The van der Waals surface area contributed by atoms with Crippen LogP contribution < -0.4 is 0 Å². The molecule has 0 aromatic carbocycles. The van der Waals surface area contributed by atoms with E-state index in [-0.39, 0.29) is 12.0 Å². The van der Waals surface area contributed by atoms with Gasteiger partial charge in [-0.15, -0.1) is 0 Å². The summed E-state index contributed by atoms with van der Waals surface area (Å²) >= 11 is 0. The normalized spacial score (nSPS) is 16.6. The van der Waals surface area contributed by atoms with Crippen molar-refractivity contribution in [1.29, 1.82) is 0 Å². The molecule has 0 spiro atoms. The zero-order valence-corrected chi connectivity index (χ0v) is 11.0. The van der Waals surface area contributed by atoms with Crippen LogP contribution in [-0.4, -0.2) is 35.5 Å². The lowest BCUT2D eigenvalue weighted by molar-refractivity contribution is -0.148. The Kier molecular flexibility index (Phi) is 4.31. The van der Waals surface area contributed by atoms with Crippen LogP contribution in [0.4, 0.5) is 0 Å². The molecule has 98 valence electrons. The van der Waals surface area contributed by atoms with Crippen LogP contribution in [-0.2, 0) is 16.1 Å². The molecular formula is C14H20N2O2. The van der Waals surface area contributed by atoms with Crippen LogP contribution in [0.2, 0.25) is 0 Å². The first-order chi connectivity index (χ1) is 8.76. The Hall–Kier alpha value is -1.42. The van der Waals surface area contributed by atoms with Crippen LogP contribution in [0.3, 0.4) is 0 Å². The van der Waals surface area contributed by atoms with Crippen molar-refractivity contribution in [3.8, 4) is 0 Å². The van der Waals surface area contributed by atoms with E-state index in [4.69, 9.17) is 4.74 Å². The number of carbonyl (C=O) groups excluding carboxylic acids is 1. The molecule has 18 heavy (non-hydrogen) atoms. The zero-order valence-electron chi connectivity index (χ0n) is 11.0. The van der Waals surface area contributed by atoms with E-state index in [0.717, 1.165) is 25.1 Å². The maximum absolute atomic E-state index is 11.9. The Morgan fingerprint density at radius 1 is 1.56 bits per heavy atom. The van der Waals surface area contributed by atoms with Gasteiger partial charge >= 0.3 is 5.97 Å². The van der Waals surface area contributed by atoms with Crippen LogP contribution in [0.5, 0.6) is 0 Å². The molecule has 1 heterocycles. The van der Waals surface area contributed by atoms with Gasteiger partial charge in [0.25, 0.3) is 0 Å². The van der Waals surface area contributed by atoms with Gasteiger partial charge in [-0.2, -0.15) is 0 Å². The summed E-state index contributed by atoms with van der Waals surface area (Å²) in [5.74, 6) is 0.344. The molecule has 0 saturated heterocycles. The van der Waals surface area contributed by atoms with Gasteiger partial charge in [-0.3, -0.25) is 14.7 Å². The van der Waals surface area contributed by atoms with E-state index >= 15 is 0 Å². The number of pyridine rings is 1. The lowest BCUT2D eigenvalue weighted by Gasteiger charge is -2.28. The first-order valence-electron chi connectivity index (χ1n) is 6.48. The average molecular weight is 248 g/mol. The number of ether oxygens (including phenoxy) is 1. The lowest BCUT2D eigenvalue weighted by Crippen LogP contribution is -2.43. The summed E-state index contributed by atoms with van der Waals surface area (Å²) in [6, 6.07) is 5.75. The van der Waals surface area contributed by atoms with Gasteiger partial charge in [-0.1, -0.05) is 13.0 Å². The fourth-order valence-electron chi connectivity index (χ4n) is 2.28. The Bertz CT molecular complexity index is 390. The van der Waals surface area contributed by atoms with Crippen molar-refractivity contribution < 1.29 is 9.53 Å². The number of likely N-dealkylation sites (N-methyl/N-ethyl adjacent to an activating group) is 1. The molecule has 1 unspecified atom stereocenters. The van der Waals surface area contributed by atoms with Crippen molar-refractivity contribution in [2.75, 3.05) is 13.7 Å². The van der Waals surface area contributed by atoms with Crippen molar-refractivity contribution >= 4 is 5.97 Å². The van der Waals surface area contributed by atoms with E-state index < -0.39 is 0 Å². The maximum Gasteiger partial charge on any atom is 0.323 e. The fourth-order valence-corrected chi connectivity index (χ4v) is 2.28. The van der Waals surface area contributed by atoms with Crippen LogP contribution in [0.15, 0.2) is 24.4 Å². The second kappa shape index (κ2) is 5.96. The van der Waals surface area contributed by atoms with Gasteiger partial charge in [0.2, 0.25) is 0 Å². The lowest BCUT2D eigenvalue weighted by atomic mass is 10.1.